The fraction of sp³-hybridized carbons (Fsp3) is 0.909. The lowest BCUT2D eigenvalue weighted by atomic mass is 9.99. The Balaban J connectivity index is 2.28. The summed E-state index contributed by atoms with van der Waals surface area (Å²) < 4.78 is 5.67. The molecule has 2 atom stereocenters. The molecule has 1 amide bonds. The van der Waals surface area contributed by atoms with Crippen LogP contribution >= 0.6 is 0 Å². The van der Waals surface area contributed by atoms with Gasteiger partial charge in [-0.25, -0.2) is 0 Å². The highest BCUT2D eigenvalue weighted by molar-refractivity contribution is 5.84. The predicted molar refractivity (Wildman–Crippen MR) is 59.2 cm³/mol. The Morgan fingerprint density at radius 1 is 1.60 bits per heavy atom. The number of amides is 1. The van der Waals surface area contributed by atoms with Crippen molar-refractivity contribution >= 4 is 5.91 Å². The maximum absolute atomic E-state index is 11.1. The monoisotopic (exact) mass is 214 g/mol. The zero-order valence-electron chi connectivity index (χ0n) is 9.66. The molecule has 4 nitrogen and oxygen atoms in total. The molecule has 0 aromatic rings. The Morgan fingerprint density at radius 3 is 2.73 bits per heavy atom. The zero-order chi connectivity index (χ0) is 11.5. The quantitative estimate of drug-likeness (QED) is 0.710. The number of ether oxygens (including phenoxy) is 1. The van der Waals surface area contributed by atoms with Crippen molar-refractivity contribution in [3.8, 4) is 0 Å². The Morgan fingerprint density at radius 2 is 2.27 bits per heavy atom. The van der Waals surface area contributed by atoms with E-state index in [1.807, 2.05) is 0 Å². The molecule has 0 saturated heterocycles. The highest BCUT2D eigenvalue weighted by Gasteiger charge is 2.40. The van der Waals surface area contributed by atoms with Gasteiger partial charge in [-0.2, -0.15) is 0 Å². The highest BCUT2D eigenvalue weighted by Crippen LogP contribution is 2.29. The third-order valence-corrected chi connectivity index (χ3v) is 3.04. The SMILES string of the molecule is CC(C)CCOC1CCC(N)(C(N)=O)C1. The summed E-state index contributed by atoms with van der Waals surface area (Å²) in [5.41, 5.74) is 10.3. The summed E-state index contributed by atoms with van der Waals surface area (Å²) >= 11 is 0. The molecule has 4 N–H and O–H groups in total. The van der Waals surface area contributed by atoms with Gasteiger partial charge in [0, 0.05) is 13.0 Å². The molecule has 0 radical (unpaired) electrons. The Kier molecular flexibility index (Phi) is 4.11. The number of nitrogens with two attached hydrogens (primary N) is 2. The van der Waals surface area contributed by atoms with Crippen LogP contribution in [0.4, 0.5) is 0 Å². The van der Waals surface area contributed by atoms with E-state index in [4.69, 9.17) is 16.2 Å². The summed E-state index contributed by atoms with van der Waals surface area (Å²) in [6, 6.07) is 0. The van der Waals surface area contributed by atoms with Gasteiger partial charge < -0.3 is 16.2 Å². The number of hydrogen-bond donors (Lipinski definition) is 2. The van der Waals surface area contributed by atoms with Gasteiger partial charge in [0.25, 0.3) is 0 Å². The smallest absolute Gasteiger partial charge is 0.237 e. The van der Waals surface area contributed by atoms with Crippen molar-refractivity contribution in [1.29, 1.82) is 0 Å². The van der Waals surface area contributed by atoms with E-state index >= 15 is 0 Å². The second-order valence-electron chi connectivity index (χ2n) is 4.94. The van der Waals surface area contributed by atoms with E-state index in [9.17, 15) is 4.79 Å². The summed E-state index contributed by atoms with van der Waals surface area (Å²) in [4.78, 5) is 11.1. The minimum atomic E-state index is -0.831. The molecule has 1 aliphatic rings. The average Bonchev–Trinajstić information content (AvgIpc) is 2.48. The normalized spacial score (nSPS) is 31.1. The Bertz CT molecular complexity index is 231. The van der Waals surface area contributed by atoms with E-state index in [-0.39, 0.29) is 6.10 Å². The third kappa shape index (κ3) is 3.47. The maximum atomic E-state index is 11.1. The molecular formula is C11H22N2O2. The fourth-order valence-electron chi connectivity index (χ4n) is 1.87. The van der Waals surface area contributed by atoms with Crippen molar-refractivity contribution in [3.05, 3.63) is 0 Å². The van der Waals surface area contributed by atoms with Gasteiger partial charge in [0.15, 0.2) is 0 Å². The van der Waals surface area contributed by atoms with E-state index in [0.29, 0.717) is 18.8 Å². The van der Waals surface area contributed by atoms with Crippen molar-refractivity contribution < 1.29 is 9.53 Å². The van der Waals surface area contributed by atoms with Crippen LogP contribution in [0.3, 0.4) is 0 Å². The molecule has 1 saturated carbocycles. The van der Waals surface area contributed by atoms with Crippen LogP contribution in [0.25, 0.3) is 0 Å². The Labute approximate surface area is 91.3 Å². The summed E-state index contributed by atoms with van der Waals surface area (Å²) in [6.07, 6.45) is 3.22. The van der Waals surface area contributed by atoms with Gasteiger partial charge in [-0.15, -0.1) is 0 Å². The largest absolute Gasteiger partial charge is 0.378 e. The van der Waals surface area contributed by atoms with Gasteiger partial charge in [0.05, 0.1) is 11.6 Å². The lowest BCUT2D eigenvalue weighted by molar-refractivity contribution is -0.123. The van der Waals surface area contributed by atoms with Crippen LogP contribution in [0.1, 0.15) is 39.5 Å². The first-order valence-electron chi connectivity index (χ1n) is 5.64. The summed E-state index contributed by atoms with van der Waals surface area (Å²) in [7, 11) is 0. The van der Waals surface area contributed by atoms with Crippen molar-refractivity contribution in [2.75, 3.05) is 6.61 Å². The first kappa shape index (κ1) is 12.5. The van der Waals surface area contributed by atoms with Crippen LogP contribution < -0.4 is 11.5 Å². The first-order valence-corrected chi connectivity index (χ1v) is 5.64. The second kappa shape index (κ2) is 4.94. The number of hydrogen-bond acceptors (Lipinski definition) is 3. The molecule has 0 heterocycles. The van der Waals surface area contributed by atoms with Crippen molar-refractivity contribution in [2.45, 2.75) is 51.2 Å². The lowest BCUT2D eigenvalue weighted by Crippen LogP contribution is -2.50. The highest BCUT2D eigenvalue weighted by atomic mass is 16.5. The van der Waals surface area contributed by atoms with Crippen LogP contribution in [-0.2, 0) is 9.53 Å². The molecule has 1 fully saturated rings. The minimum absolute atomic E-state index is 0.112. The fourth-order valence-corrected chi connectivity index (χ4v) is 1.87. The van der Waals surface area contributed by atoms with Crippen molar-refractivity contribution in [2.24, 2.45) is 17.4 Å². The second-order valence-corrected chi connectivity index (χ2v) is 4.94. The van der Waals surface area contributed by atoms with E-state index in [2.05, 4.69) is 13.8 Å². The molecule has 0 bridgehead atoms. The number of primary amides is 1. The van der Waals surface area contributed by atoms with E-state index in [1.54, 1.807) is 0 Å². The van der Waals surface area contributed by atoms with E-state index in [1.165, 1.54) is 0 Å². The number of rotatable bonds is 5. The summed E-state index contributed by atoms with van der Waals surface area (Å²) in [5, 5.41) is 0. The van der Waals surface area contributed by atoms with Gasteiger partial charge in [0.1, 0.15) is 0 Å². The minimum Gasteiger partial charge on any atom is -0.378 e. The van der Waals surface area contributed by atoms with Crippen LogP contribution in [0, 0.1) is 5.92 Å². The topological polar surface area (TPSA) is 78.3 Å². The molecule has 0 aromatic heterocycles. The van der Waals surface area contributed by atoms with Gasteiger partial charge in [-0.3, -0.25) is 4.79 Å². The number of carbonyl (C=O) groups is 1. The van der Waals surface area contributed by atoms with Gasteiger partial charge in [-0.05, 0) is 25.2 Å². The predicted octanol–water partition coefficient (Wildman–Crippen LogP) is 0.784. The maximum Gasteiger partial charge on any atom is 0.237 e. The summed E-state index contributed by atoms with van der Waals surface area (Å²) in [5.74, 6) is 0.239. The Hall–Kier alpha value is -0.610. The van der Waals surface area contributed by atoms with Crippen molar-refractivity contribution in [3.63, 3.8) is 0 Å². The molecule has 0 spiro atoms. The zero-order valence-corrected chi connectivity index (χ0v) is 9.66. The van der Waals surface area contributed by atoms with E-state index < -0.39 is 11.4 Å². The molecule has 1 aliphatic carbocycles. The number of carbonyl (C=O) groups excluding carboxylic acids is 1. The molecule has 0 aliphatic heterocycles. The lowest BCUT2D eigenvalue weighted by Gasteiger charge is -2.19. The van der Waals surface area contributed by atoms with Crippen LogP contribution in [0.2, 0.25) is 0 Å². The average molecular weight is 214 g/mol. The molecule has 2 unspecified atom stereocenters. The van der Waals surface area contributed by atoms with E-state index in [0.717, 1.165) is 19.4 Å². The molecule has 88 valence electrons. The first-order chi connectivity index (χ1) is 6.94. The van der Waals surface area contributed by atoms with Crippen LogP contribution in [0.5, 0.6) is 0 Å². The third-order valence-electron chi connectivity index (χ3n) is 3.04. The molecule has 15 heavy (non-hydrogen) atoms. The standard InChI is InChI=1S/C11H22N2O2/c1-8(2)4-6-15-9-3-5-11(13,7-9)10(12)14/h8-9H,3-7,13H2,1-2H3,(H2,12,14). The van der Waals surface area contributed by atoms with Crippen LogP contribution in [-0.4, -0.2) is 24.2 Å². The van der Waals surface area contributed by atoms with Gasteiger partial charge in [-0.1, -0.05) is 13.8 Å². The summed E-state index contributed by atoms with van der Waals surface area (Å²) in [6.45, 7) is 5.07. The molecule has 4 heteroatoms. The van der Waals surface area contributed by atoms with Gasteiger partial charge >= 0.3 is 0 Å². The van der Waals surface area contributed by atoms with Crippen molar-refractivity contribution in [1.82, 2.24) is 0 Å². The van der Waals surface area contributed by atoms with Crippen LogP contribution in [0.15, 0.2) is 0 Å². The van der Waals surface area contributed by atoms with Gasteiger partial charge in [0.2, 0.25) is 5.91 Å². The molecular weight excluding hydrogens is 192 g/mol. The molecule has 1 rings (SSSR count). The molecule has 0 aromatic carbocycles.